The van der Waals surface area contributed by atoms with E-state index >= 15 is 0 Å². The van der Waals surface area contributed by atoms with Gasteiger partial charge in [-0.1, -0.05) is 0 Å². The minimum atomic E-state index is 0.926. The lowest BCUT2D eigenvalue weighted by Gasteiger charge is -1.78. The Bertz CT molecular complexity index is 126. The van der Waals surface area contributed by atoms with Crippen molar-refractivity contribution in [2.24, 2.45) is 9.98 Å². The van der Waals surface area contributed by atoms with E-state index in [1.54, 1.807) is 19.3 Å². The summed E-state index contributed by atoms with van der Waals surface area (Å²) in [5.41, 5.74) is 0. The van der Waals surface area contributed by atoms with Gasteiger partial charge < -0.3 is 0 Å². The van der Waals surface area contributed by atoms with Crippen molar-refractivity contribution in [3.05, 3.63) is 12.3 Å². The highest BCUT2D eigenvalue weighted by Crippen LogP contribution is 1.90. The van der Waals surface area contributed by atoms with Gasteiger partial charge in [0, 0.05) is 13.2 Å². The number of allylic oxidation sites excluding steroid dienone is 1. The summed E-state index contributed by atoms with van der Waals surface area (Å²) in [6.45, 7) is 3.27. The van der Waals surface area contributed by atoms with Crippen LogP contribution in [0, 0.1) is 0 Å². The third-order valence-corrected chi connectivity index (χ3v) is 1.37. The monoisotopic (exact) mass is 222 g/mol. The second kappa shape index (κ2) is 4.96. The summed E-state index contributed by atoms with van der Waals surface area (Å²) in [5.74, 6) is 0. The second-order valence-electron chi connectivity index (χ2n) is 1.04. The molecule has 0 bridgehead atoms. The fourth-order valence-electron chi connectivity index (χ4n) is 0.189. The first-order valence-corrected chi connectivity index (χ1v) is 3.13. The van der Waals surface area contributed by atoms with Gasteiger partial charge in [0.05, 0.1) is 3.72 Å². The lowest BCUT2D eigenvalue weighted by Crippen LogP contribution is -1.73. The average molecular weight is 222 g/mol. The largest absolute Gasteiger partial charge is 0.282 e. The van der Waals surface area contributed by atoms with Gasteiger partial charge in [-0.05, 0) is 35.4 Å². The first-order chi connectivity index (χ1) is 3.81. The Hall–Kier alpha value is -0.190. The lowest BCUT2D eigenvalue weighted by atomic mass is 10.7. The third kappa shape index (κ3) is 3.98. The van der Waals surface area contributed by atoms with E-state index < -0.39 is 0 Å². The van der Waals surface area contributed by atoms with Crippen LogP contribution in [0.3, 0.4) is 0 Å². The van der Waals surface area contributed by atoms with E-state index in [1.165, 1.54) is 0 Å². The summed E-state index contributed by atoms with van der Waals surface area (Å²) < 4.78 is 0.926. The fourth-order valence-corrected chi connectivity index (χ4v) is 0.350. The fraction of sp³-hybridized carbons (Fsp3) is 0.200. The van der Waals surface area contributed by atoms with Gasteiger partial charge in [0.15, 0.2) is 0 Å². The van der Waals surface area contributed by atoms with Crippen LogP contribution in [0.4, 0.5) is 0 Å². The molecule has 8 heavy (non-hydrogen) atoms. The van der Waals surface area contributed by atoms with E-state index in [2.05, 4.69) is 39.3 Å². The van der Waals surface area contributed by atoms with E-state index in [1.807, 2.05) is 0 Å². The highest BCUT2D eigenvalue weighted by Gasteiger charge is 1.76. The Balaban J connectivity index is 3.69. The molecule has 0 aliphatic rings. The zero-order chi connectivity index (χ0) is 6.41. The molecule has 2 nitrogen and oxygen atoms in total. The molecular weight excluding hydrogens is 215 g/mol. The molecule has 0 heterocycles. The summed E-state index contributed by atoms with van der Waals surface area (Å²) in [4.78, 5) is 7.36. The van der Waals surface area contributed by atoms with E-state index in [9.17, 15) is 0 Å². The molecule has 0 aromatic carbocycles. The molecule has 0 aliphatic carbocycles. The standard InChI is InChI=1S/C5H7IN2/c1-7-4-3-5(6)8-2/h3-4H,1H2,2H3/b4-3-,8-5-. The van der Waals surface area contributed by atoms with Crippen LogP contribution in [0.25, 0.3) is 0 Å². The van der Waals surface area contributed by atoms with Gasteiger partial charge in [0.2, 0.25) is 0 Å². The number of hydrogen-bond donors (Lipinski definition) is 0. The molecule has 0 saturated heterocycles. The van der Waals surface area contributed by atoms with Crippen LogP contribution < -0.4 is 0 Å². The van der Waals surface area contributed by atoms with E-state index in [0.717, 1.165) is 3.72 Å². The number of hydrogen-bond acceptors (Lipinski definition) is 2. The molecule has 0 fully saturated rings. The average Bonchev–Trinajstić information content (AvgIpc) is 1.83. The Morgan fingerprint density at radius 3 is 2.75 bits per heavy atom. The van der Waals surface area contributed by atoms with E-state index in [4.69, 9.17) is 0 Å². The molecule has 3 heteroatoms. The van der Waals surface area contributed by atoms with Crippen molar-refractivity contribution >= 4 is 33.0 Å². The summed E-state index contributed by atoms with van der Waals surface area (Å²) >= 11 is 2.10. The Morgan fingerprint density at radius 1 is 1.75 bits per heavy atom. The highest BCUT2D eigenvalue weighted by atomic mass is 127. The maximum atomic E-state index is 3.85. The van der Waals surface area contributed by atoms with Crippen molar-refractivity contribution in [1.82, 2.24) is 0 Å². The highest BCUT2D eigenvalue weighted by molar-refractivity contribution is 14.1. The van der Waals surface area contributed by atoms with Crippen LogP contribution in [0.15, 0.2) is 22.3 Å². The van der Waals surface area contributed by atoms with Gasteiger partial charge in [-0.3, -0.25) is 9.98 Å². The summed E-state index contributed by atoms with van der Waals surface area (Å²) in [5, 5.41) is 0. The number of halogens is 1. The molecule has 0 aliphatic heterocycles. The molecule has 0 aromatic heterocycles. The van der Waals surface area contributed by atoms with Crippen molar-refractivity contribution in [2.45, 2.75) is 0 Å². The Labute approximate surface area is 62.6 Å². The molecule has 0 spiro atoms. The normalized spacial score (nSPS) is 12.5. The quantitative estimate of drug-likeness (QED) is 0.501. The maximum absolute atomic E-state index is 3.85. The van der Waals surface area contributed by atoms with Crippen LogP contribution in [-0.4, -0.2) is 17.5 Å². The Morgan fingerprint density at radius 2 is 2.38 bits per heavy atom. The molecule has 0 radical (unpaired) electrons. The van der Waals surface area contributed by atoms with Crippen LogP contribution >= 0.6 is 22.6 Å². The first-order valence-electron chi connectivity index (χ1n) is 2.06. The third-order valence-electron chi connectivity index (χ3n) is 0.531. The van der Waals surface area contributed by atoms with Crippen LogP contribution in [0.5, 0.6) is 0 Å². The number of nitrogens with zero attached hydrogens (tertiary/aromatic N) is 2. The first kappa shape index (κ1) is 7.81. The smallest absolute Gasteiger partial charge is 0.0965 e. The van der Waals surface area contributed by atoms with Crippen molar-refractivity contribution in [1.29, 1.82) is 0 Å². The van der Waals surface area contributed by atoms with Crippen molar-refractivity contribution < 1.29 is 0 Å². The van der Waals surface area contributed by atoms with Crippen molar-refractivity contribution in [2.75, 3.05) is 7.05 Å². The summed E-state index contributed by atoms with van der Waals surface area (Å²) in [6, 6.07) is 0. The predicted octanol–water partition coefficient (Wildman–Crippen LogP) is 1.66. The zero-order valence-corrected chi connectivity index (χ0v) is 6.79. The van der Waals surface area contributed by atoms with Gasteiger partial charge in [0.25, 0.3) is 0 Å². The maximum Gasteiger partial charge on any atom is 0.0965 e. The van der Waals surface area contributed by atoms with Crippen LogP contribution in [-0.2, 0) is 0 Å². The molecule has 0 saturated carbocycles. The van der Waals surface area contributed by atoms with Crippen LogP contribution in [0.2, 0.25) is 0 Å². The molecule has 44 valence electrons. The van der Waals surface area contributed by atoms with E-state index in [0.29, 0.717) is 0 Å². The molecular formula is C5H7IN2. The lowest BCUT2D eigenvalue weighted by molar-refractivity contribution is 1.47. The molecule has 0 amide bonds. The number of aliphatic imine (C=N–C) groups is 2. The topological polar surface area (TPSA) is 24.7 Å². The van der Waals surface area contributed by atoms with Gasteiger partial charge in [-0.25, -0.2) is 0 Å². The van der Waals surface area contributed by atoms with E-state index in [-0.39, 0.29) is 0 Å². The Kier molecular flexibility index (Phi) is 4.84. The van der Waals surface area contributed by atoms with Gasteiger partial charge in [-0.2, -0.15) is 0 Å². The summed E-state index contributed by atoms with van der Waals surface area (Å²) in [6.07, 6.45) is 3.39. The van der Waals surface area contributed by atoms with Gasteiger partial charge in [0.1, 0.15) is 0 Å². The minimum Gasteiger partial charge on any atom is -0.282 e. The van der Waals surface area contributed by atoms with Crippen molar-refractivity contribution in [3.63, 3.8) is 0 Å². The van der Waals surface area contributed by atoms with Crippen molar-refractivity contribution in [3.8, 4) is 0 Å². The van der Waals surface area contributed by atoms with Gasteiger partial charge in [-0.15, -0.1) is 0 Å². The zero-order valence-electron chi connectivity index (χ0n) is 4.63. The molecule has 0 N–H and O–H groups in total. The second-order valence-corrected chi connectivity index (χ2v) is 2.15. The molecule has 0 unspecified atom stereocenters. The number of rotatable bonds is 2. The van der Waals surface area contributed by atoms with Crippen LogP contribution in [0.1, 0.15) is 0 Å². The SMILES string of the molecule is C=N/C=C\C(I)=N\C. The molecule has 0 atom stereocenters. The minimum absolute atomic E-state index is 0.926. The molecule has 0 aromatic rings. The predicted molar refractivity (Wildman–Crippen MR) is 46.1 cm³/mol. The van der Waals surface area contributed by atoms with Gasteiger partial charge >= 0.3 is 0 Å². The molecule has 0 rings (SSSR count). The summed E-state index contributed by atoms with van der Waals surface area (Å²) in [7, 11) is 1.73.